The van der Waals surface area contributed by atoms with Crippen LogP contribution in [0.15, 0.2) is 0 Å². The molecule has 0 saturated heterocycles. The molecule has 2 N–H and O–H groups in total. The van der Waals surface area contributed by atoms with Gasteiger partial charge in [0.25, 0.3) is 0 Å². The van der Waals surface area contributed by atoms with Gasteiger partial charge in [0.2, 0.25) is 0 Å². The lowest BCUT2D eigenvalue weighted by atomic mass is 10.1. The number of aliphatic hydroxyl groups excluding tert-OH is 1. The van der Waals surface area contributed by atoms with Crippen LogP contribution < -0.4 is 5.32 Å². The Balaban J connectivity index is 3.48. The summed E-state index contributed by atoms with van der Waals surface area (Å²) < 4.78 is 10.9. The van der Waals surface area contributed by atoms with Crippen molar-refractivity contribution < 1.29 is 14.6 Å². The molecule has 17 heavy (non-hydrogen) atoms. The third kappa shape index (κ3) is 9.53. The zero-order valence-electron chi connectivity index (χ0n) is 11.8. The van der Waals surface area contributed by atoms with Crippen molar-refractivity contribution in [1.29, 1.82) is 0 Å². The lowest BCUT2D eigenvalue weighted by Gasteiger charge is -2.22. The van der Waals surface area contributed by atoms with E-state index in [1.807, 2.05) is 0 Å². The van der Waals surface area contributed by atoms with Gasteiger partial charge in [-0.1, -0.05) is 6.92 Å². The maximum Gasteiger partial charge on any atom is 0.0644 e. The molecule has 0 spiro atoms. The van der Waals surface area contributed by atoms with Gasteiger partial charge in [-0.25, -0.2) is 0 Å². The summed E-state index contributed by atoms with van der Waals surface area (Å²) in [6.45, 7) is 8.72. The molecule has 0 heterocycles. The molecule has 0 saturated carbocycles. The highest BCUT2D eigenvalue weighted by Crippen LogP contribution is 2.12. The summed E-state index contributed by atoms with van der Waals surface area (Å²) in [6, 6.07) is 0.158. The molecule has 0 aliphatic rings. The van der Waals surface area contributed by atoms with Crippen LogP contribution in [0.4, 0.5) is 0 Å². The Morgan fingerprint density at radius 1 is 1.29 bits per heavy atom. The predicted octanol–water partition coefficient (Wildman–Crippen LogP) is 1.57. The summed E-state index contributed by atoms with van der Waals surface area (Å²) in [5, 5.41) is 12.4. The molecule has 0 aliphatic heterocycles. The van der Waals surface area contributed by atoms with E-state index in [1.165, 1.54) is 0 Å². The number of rotatable bonds is 11. The van der Waals surface area contributed by atoms with Gasteiger partial charge in [0.1, 0.15) is 0 Å². The number of nitrogens with one attached hydrogen (secondary N) is 1. The Kier molecular flexibility index (Phi) is 9.74. The number of hydrogen-bond acceptors (Lipinski definition) is 4. The fourth-order valence-electron chi connectivity index (χ4n) is 1.35. The fourth-order valence-corrected chi connectivity index (χ4v) is 1.35. The molecule has 0 amide bonds. The van der Waals surface area contributed by atoms with Crippen molar-refractivity contribution in [3.8, 4) is 0 Å². The van der Waals surface area contributed by atoms with Crippen LogP contribution >= 0.6 is 0 Å². The van der Waals surface area contributed by atoms with Crippen molar-refractivity contribution in [2.75, 3.05) is 33.5 Å². The van der Waals surface area contributed by atoms with Crippen LogP contribution in [-0.2, 0) is 9.47 Å². The second kappa shape index (κ2) is 9.83. The van der Waals surface area contributed by atoms with Gasteiger partial charge in [-0.05, 0) is 39.7 Å². The number of hydrogen-bond donors (Lipinski definition) is 2. The molecule has 0 bridgehead atoms. The van der Waals surface area contributed by atoms with Crippen molar-refractivity contribution in [2.45, 2.75) is 51.7 Å². The van der Waals surface area contributed by atoms with Gasteiger partial charge in [0.15, 0.2) is 0 Å². The van der Waals surface area contributed by atoms with E-state index >= 15 is 0 Å². The highest BCUT2D eigenvalue weighted by atomic mass is 16.5. The van der Waals surface area contributed by atoms with Crippen LogP contribution in [-0.4, -0.2) is 50.2 Å². The quantitative estimate of drug-likeness (QED) is 0.544. The molecule has 1 atom stereocenters. The molecular weight excluding hydrogens is 218 g/mol. The van der Waals surface area contributed by atoms with Crippen molar-refractivity contribution in [2.24, 2.45) is 0 Å². The van der Waals surface area contributed by atoms with Crippen molar-refractivity contribution >= 4 is 0 Å². The van der Waals surface area contributed by atoms with E-state index in [2.05, 4.69) is 26.1 Å². The zero-order valence-corrected chi connectivity index (χ0v) is 11.8. The topological polar surface area (TPSA) is 50.7 Å². The van der Waals surface area contributed by atoms with Gasteiger partial charge in [-0.3, -0.25) is 0 Å². The average molecular weight is 247 g/mol. The maximum atomic E-state index is 9.14. The molecule has 0 fully saturated rings. The summed E-state index contributed by atoms with van der Waals surface area (Å²) in [5.41, 5.74) is -0.114. The van der Waals surface area contributed by atoms with Crippen molar-refractivity contribution in [1.82, 2.24) is 5.32 Å². The van der Waals surface area contributed by atoms with E-state index in [4.69, 9.17) is 14.6 Å². The molecule has 0 aromatic carbocycles. The van der Waals surface area contributed by atoms with Crippen LogP contribution in [0.5, 0.6) is 0 Å². The SMILES string of the molecule is CCCNC(CO)CCOCCC(C)(C)OC. The maximum absolute atomic E-state index is 9.14. The number of aliphatic hydroxyl groups is 1. The molecule has 1 unspecified atom stereocenters. The summed E-state index contributed by atoms with van der Waals surface area (Å²) in [7, 11) is 1.72. The standard InChI is InChI=1S/C13H29NO3/c1-5-8-14-12(11-15)6-9-17-10-7-13(2,3)16-4/h12,14-15H,5-11H2,1-4H3. The van der Waals surface area contributed by atoms with E-state index in [0.29, 0.717) is 13.2 Å². The second-order valence-electron chi connectivity index (χ2n) is 4.95. The largest absolute Gasteiger partial charge is 0.395 e. The average Bonchev–Trinajstić information content (AvgIpc) is 2.32. The molecule has 4 heteroatoms. The molecule has 4 nitrogen and oxygen atoms in total. The minimum absolute atomic E-state index is 0.114. The van der Waals surface area contributed by atoms with E-state index < -0.39 is 0 Å². The third-order valence-electron chi connectivity index (χ3n) is 2.92. The Labute approximate surface area is 106 Å². The number of ether oxygens (including phenoxy) is 2. The highest BCUT2D eigenvalue weighted by Gasteiger charge is 2.15. The van der Waals surface area contributed by atoms with Crippen LogP contribution in [0.3, 0.4) is 0 Å². The van der Waals surface area contributed by atoms with Crippen LogP contribution in [0.25, 0.3) is 0 Å². The van der Waals surface area contributed by atoms with Crippen molar-refractivity contribution in [3.05, 3.63) is 0 Å². The Morgan fingerprint density at radius 3 is 2.53 bits per heavy atom. The van der Waals surface area contributed by atoms with Crippen LogP contribution in [0.1, 0.15) is 40.0 Å². The Hall–Kier alpha value is -0.160. The van der Waals surface area contributed by atoms with E-state index in [1.54, 1.807) is 7.11 Å². The minimum atomic E-state index is -0.114. The third-order valence-corrected chi connectivity index (χ3v) is 2.92. The first-order chi connectivity index (χ1) is 8.05. The van der Waals surface area contributed by atoms with Gasteiger partial charge in [0.05, 0.1) is 12.2 Å². The first kappa shape index (κ1) is 16.8. The lowest BCUT2D eigenvalue weighted by Crippen LogP contribution is -2.34. The minimum Gasteiger partial charge on any atom is -0.395 e. The smallest absolute Gasteiger partial charge is 0.0644 e. The summed E-state index contributed by atoms with van der Waals surface area (Å²) in [6.07, 6.45) is 2.82. The van der Waals surface area contributed by atoms with E-state index in [0.717, 1.165) is 25.8 Å². The predicted molar refractivity (Wildman–Crippen MR) is 70.3 cm³/mol. The summed E-state index contributed by atoms with van der Waals surface area (Å²) in [4.78, 5) is 0. The zero-order chi connectivity index (χ0) is 13.1. The Morgan fingerprint density at radius 2 is 2.00 bits per heavy atom. The van der Waals surface area contributed by atoms with E-state index in [9.17, 15) is 0 Å². The lowest BCUT2D eigenvalue weighted by molar-refractivity contribution is -0.0111. The molecule has 0 aromatic rings. The van der Waals surface area contributed by atoms with Gasteiger partial charge in [0, 0.05) is 26.4 Å². The molecular formula is C13H29NO3. The monoisotopic (exact) mass is 247 g/mol. The molecule has 0 aromatic heterocycles. The first-order valence-electron chi connectivity index (χ1n) is 6.53. The number of methoxy groups -OCH3 is 1. The first-order valence-corrected chi connectivity index (χ1v) is 6.53. The molecule has 0 aliphatic carbocycles. The molecule has 104 valence electrons. The van der Waals surface area contributed by atoms with Crippen molar-refractivity contribution in [3.63, 3.8) is 0 Å². The van der Waals surface area contributed by atoms with Gasteiger partial charge >= 0.3 is 0 Å². The van der Waals surface area contributed by atoms with Gasteiger partial charge in [-0.2, -0.15) is 0 Å². The van der Waals surface area contributed by atoms with Crippen LogP contribution in [0.2, 0.25) is 0 Å². The van der Waals surface area contributed by atoms with Crippen LogP contribution in [0, 0.1) is 0 Å². The Bertz CT molecular complexity index is 174. The van der Waals surface area contributed by atoms with Gasteiger partial charge in [-0.15, -0.1) is 0 Å². The molecule has 0 radical (unpaired) electrons. The fraction of sp³-hybridized carbons (Fsp3) is 1.00. The van der Waals surface area contributed by atoms with Gasteiger partial charge < -0.3 is 19.9 Å². The normalized spacial score (nSPS) is 13.9. The molecule has 0 rings (SSSR count). The second-order valence-corrected chi connectivity index (χ2v) is 4.95. The highest BCUT2D eigenvalue weighted by molar-refractivity contribution is 4.67. The van der Waals surface area contributed by atoms with E-state index in [-0.39, 0.29) is 18.2 Å². The summed E-state index contributed by atoms with van der Waals surface area (Å²) in [5.74, 6) is 0. The summed E-state index contributed by atoms with van der Waals surface area (Å²) >= 11 is 0.